The van der Waals surface area contributed by atoms with Gasteiger partial charge >= 0.3 is 0 Å². The third-order valence-electron chi connectivity index (χ3n) is 6.19. The van der Waals surface area contributed by atoms with E-state index in [1.807, 2.05) is 66.7 Å². The SMILES string of the molecule is NC(=O)C(Cc1ccccc1)NC(=O)c1ccc(-c2cc(-c3cccnc3)nn2-c2ccc(Cl)c(Cl)c2)cc1. The molecule has 1 atom stereocenters. The molecule has 3 aromatic carbocycles. The number of aromatic nitrogens is 3. The van der Waals surface area contributed by atoms with Crippen molar-refractivity contribution in [2.45, 2.75) is 12.5 Å². The fraction of sp³-hybridized carbons (Fsp3) is 0.0667. The van der Waals surface area contributed by atoms with Crippen LogP contribution < -0.4 is 11.1 Å². The van der Waals surface area contributed by atoms with Gasteiger partial charge in [0.2, 0.25) is 5.91 Å². The molecule has 7 nitrogen and oxygen atoms in total. The zero-order chi connectivity index (χ0) is 27.4. The van der Waals surface area contributed by atoms with Crippen LogP contribution in [0.3, 0.4) is 0 Å². The van der Waals surface area contributed by atoms with E-state index in [2.05, 4.69) is 10.3 Å². The minimum absolute atomic E-state index is 0.306. The molecule has 2 amide bonds. The van der Waals surface area contributed by atoms with Gasteiger partial charge in [-0.3, -0.25) is 14.6 Å². The molecule has 9 heteroatoms. The Bertz CT molecular complexity index is 1620. The largest absolute Gasteiger partial charge is 0.368 e. The number of primary amides is 1. The zero-order valence-electron chi connectivity index (χ0n) is 20.6. The van der Waals surface area contributed by atoms with Gasteiger partial charge in [-0.2, -0.15) is 5.10 Å². The average Bonchev–Trinajstić information content (AvgIpc) is 3.41. The van der Waals surface area contributed by atoms with E-state index in [9.17, 15) is 9.59 Å². The van der Waals surface area contributed by atoms with Crippen molar-refractivity contribution >= 4 is 35.0 Å². The highest BCUT2D eigenvalue weighted by atomic mass is 35.5. The molecule has 3 N–H and O–H groups in total. The van der Waals surface area contributed by atoms with Gasteiger partial charge in [-0.1, -0.05) is 65.7 Å². The van der Waals surface area contributed by atoms with Gasteiger partial charge in [0.05, 0.1) is 27.1 Å². The third-order valence-corrected chi connectivity index (χ3v) is 6.93. The first-order chi connectivity index (χ1) is 18.9. The van der Waals surface area contributed by atoms with Crippen molar-refractivity contribution in [3.63, 3.8) is 0 Å². The van der Waals surface area contributed by atoms with E-state index in [1.54, 1.807) is 41.3 Å². The van der Waals surface area contributed by atoms with Crippen molar-refractivity contribution in [1.29, 1.82) is 0 Å². The number of hydrogen-bond acceptors (Lipinski definition) is 4. The lowest BCUT2D eigenvalue weighted by Gasteiger charge is -2.16. The second-order valence-corrected chi connectivity index (χ2v) is 9.68. The molecule has 39 heavy (non-hydrogen) atoms. The van der Waals surface area contributed by atoms with E-state index in [0.717, 1.165) is 33.8 Å². The van der Waals surface area contributed by atoms with Gasteiger partial charge in [-0.15, -0.1) is 0 Å². The van der Waals surface area contributed by atoms with Gasteiger partial charge in [-0.05, 0) is 54.1 Å². The summed E-state index contributed by atoms with van der Waals surface area (Å²) in [5.41, 5.74) is 10.7. The number of benzene rings is 3. The number of hydrogen-bond donors (Lipinski definition) is 2. The maximum absolute atomic E-state index is 13.0. The monoisotopic (exact) mass is 555 g/mol. The standard InChI is InChI=1S/C30H23Cl2N5O2/c31-24-13-12-23(16-25(24)32)37-28(17-26(36-37)22-7-4-14-34-18-22)20-8-10-21(11-9-20)30(39)35-27(29(33)38)15-19-5-2-1-3-6-19/h1-14,16-18,27H,15H2,(H2,33,38)(H,35,39). The molecule has 2 aromatic heterocycles. The summed E-state index contributed by atoms with van der Waals surface area (Å²) in [7, 11) is 0. The summed E-state index contributed by atoms with van der Waals surface area (Å²) in [6.45, 7) is 0. The van der Waals surface area contributed by atoms with Gasteiger partial charge in [0.25, 0.3) is 5.91 Å². The molecule has 0 spiro atoms. The van der Waals surface area contributed by atoms with Crippen molar-refractivity contribution in [3.8, 4) is 28.2 Å². The number of carbonyl (C=O) groups excluding carboxylic acids is 2. The summed E-state index contributed by atoms with van der Waals surface area (Å²) in [5, 5.41) is 8.40. The first-order valence-corrected chi connectivity index (χ1v) is 12.8. The molecule has 0 radical (unpaired) electrons. The number of halogens is 2. The van der Waals surface area contributed by atoms with Crippen molar-refractivity contribution in [2.24, 2.45) is 5.73 Å². The van der Waals surface area contributed by atoms with Crippen molar-refractivity contribution < 1.29 is 9.59 Å². The molecule has 0 fully saturated rings. The van der Waals surface area contributed by atoms with Crippen LogP contribution in [-0.2, 0) is 11.2 Å². The average molecular weight is 556 g/mol. The van der Waals surface area contributed by atoms with Crippen LogP contribution in [0.5, 0.6) is 0 Å². The summed E-state index contributed by atoms with van der Waals surface area (Å²) in [6.07, 6.45) is 3.75. The van der Waals surface area contributed by atoms with Gasteiger partial charge < -0.3 is 11.1 Å². The minimum atomic E-state index is -0.835. The quantitative estimate of drug-likeness (QED) is 0.255. The third kappa shape index (κ3) is 6.00. The zero-order valence-corrected chi connectivity index (χ0v) is 22.1. The highest BCUT2D eigenvalue weighted by Gasteiger charge is 2.20. The fourth-order valence-corrected chi connectivity index (χ4v) is 4.45. The van der Waals surface area contributed by atoms with Crippen molar-refractivity contribution in [1.82, 2.24) is 20.1 Å². The Labute approximate surface area is 235 Å². The van der Waals surface area contributed by atoms with E-state index in [1.165, 1.54) is 0 Å². The smallest absolute Gasteiger partial charge is 0.251 e. The van der Waals surface area contributed by atoms with Crippen LogP contribution in [0.4, 0.5) is 0 Å². The Balaban J connectivity index is 1.44. The molecule has 1 unspecified atom stereocenters. The molecule has 0 bridgehead atoms. The Hall–Kier alpha value is -4.46. The van der Waals surface area contributed by atoms with E-state index >= 15 is 0 Å². The normalized spacial score (nSPS) is 11.6. The number of nitrogens with one attached hydrogen (secondary N) is 1. The van der Waals surface area contributed by atoms with Gasteiger partial charge in [0.1, 0.15) is 6.04 Å². The molecule has 0 saturated carbocycles. The maximum atomic E-state index is 13.0. The molecule has 0 saturated heterocycles. The number of amides is 2. The fourth-order valence-electron chi connectivity index (χ4n) is 4.16. The number of pyridine rings is 1. The summed E-state index contributed by atoms with van der Waals surface area (Å²) < 4.78 is 1.77. The van der Waals surface area contributed by atoms with Crippen LogP contribution in [0.25, 0.3) is 28.2 Å². The van der Waals surface area contributed by atoms with Crippen molar-refractivity contribution in [3.05, 3.63) is 125 Å². The summed E-state index contributed by atoms with van der Waals surface area (Å²) in [5.74, 6) is -0.993. The lowest BCUT2D eigenvalue weighted by molar-refractivity contribution is -0.119. The molecule has 0 aliphatic rings. The van der Waals surface area contributed by atoms with Crippen LogP contribution in [0, 0.1) is 0 Å². The Kier molecular flexibility index (Phi) is 7.72. The number of nitrogens with two attached hydrogens (primary N) is 1. The molecular formula is C30H23Cl2N5O2. The minimum Gasteiger partial charge on any atom is -0.368 e. The lowest BCUT2D eigenvalue weighted by atomic mass is 10.0. The number of rotatable bonds is 8. The van der Waals surface area contributed by atoms with Gasteiger partial charge in [0, 0.05) is 35.5 Å². The Morgan fingerprint density at radius 2 is 1.64 bits per heavy atom. The van der Waals surface area contributed by atoms with Crippen LogP contribution in [0.2, 0.25) is 10.0 Å². The van der Waals surface area contributed by atoms with E-state index < -0.39 is 17.9 Å². The number of carbonyl (C=O) groups is 2. The summed E-state index contributed by atoms with van der Waals surface area (Å²) in [6, 6.07) is 26.6. The van der Waals surface area contributed by atoms with Gasteiger partial charge in [-0.25, -0.2) is 4.68 Å². The molecule has 0 aliphatic heterocycles. The second-order valence-electron chi connectivity index (χ2n) is 8.86. The Morgan fingerprint density at radius 3 is 2.31 bits per heavy atom. The summed E-state index contributed by atoms with van der Waals surface area (Å²) in [4.78, 5) is 29.2. The molecular weight excluding hydrogens is 533 g/mol. The molecule has 194 valence electrons. The van der Waals surface area contributed by atoms with E-state index in [0.29, 0.717) is 22.0 Å². The summed E-state index contributed by atoms with van der Waals surface area (Å²) >= 11 is 12.4. The van der Waals surface area contributed by atoms with Crippen LogP contribution >= 0.6 is 23.2 Å². The molecule has 5 rings (SSSR count). The lowest BCUT2D eigenvalue weighted by Crippen LogP contribution is -2.45. The first kappa shape index (κ1) is 26.2. The van der Waals surface area contributed by atoms with E-state index in [4.69, 9.17) is 34.0 Å². The number of nitrogens with zero attached hydrogens (tertiary/aromatic N) is 3. The predicted octanol–water partition coefficient (Wildman–Crippen LogP) is 5.73. The highest BCUT2D eigenvalue weighted by molar-refractivity contribution is 6.42. The van der Waals surface area contributed by atoms with Crippen LogP contribution in [0.15, 0.2) is 103 Å². The van der Waals surface area contributed by atoms with E-state index in [-0.39, 0.29) is 0 Å². The first-order valence-electron chi connectivity index (χ1n) is 12.1. The molecule has 0 aliphatic carbocycles. The van der Waals surface area contributed by atoms with Crippen LogP contribution in [0.1, 0.15) is 15.9 Å². The van der Waals surface area contributed by atoms with Crippen molar-refractivity contribution in [2.75, 3.05) is 0 Å². The predicted molar refractivity (Wildman–Crippen MR) is 153 cm³/mol. The van der Waals surface area contributed by atoms with Crippen LogP contribution in [-0.4, -0.2) is 32.6 Å². The maximum Gasteiger partial charge on any atom is 0.251 e. The molecule has 5 aromatic rings. The highest BCUT2D eigenvalue weighted by Crippen LogP contribution is 2.31. The second kappa shape index (κ2) is 11.5. The van der Waals surface area contributed by atoms with Gasteiger partial charge in [0.15, 0.2) is 0 Å². The Morgan fingerprint density at radius 1 is 0.872 bits per heavy atom. The topological polar surface area (TPSA) is 103 Å². The molecule has 2 heterocycles.